The minimum atomic E-state index is -0.976. The first-order valence-electron chi connectivity index (χ1n) is 8.55. The maximum atomic E-state index is 13.3. The van der Waals surface area contributed by atoms with Crippen LogP contribution in [0.1, 0.15) is 19.7 Å². The largest absolute Gasteiger partial charge is 0.322 e. The summed E-state index contributed by atoms with van der Waals surface area (Å²) >= 11 is 0. The Morgan fingerprint density at radius 2 is 1.81 bits per heavy atom. The molecule has 6 heteroatoms. The number of aromatic nitrogens is 2. The summed E-state index contributed by atoms with van der Waals surface area (Å²) in [4.78, 5) is 31.9. The predicted octanol–water partition coefficient (Wildman–Crippen LogP) is 3.11. The van der Waals surface area contributed by atoms with Crippen LogP contribution in [0.3, 0.4) is 0 Å². The highest BCUT2D eigenvalue weighted by molar-refractivity contribution is 6.14. The molecule has 0 bridgehead atoms. The third-order valence-corrected chi connectivity index (χ3v) is 4.90. The molecule has 2 amide bonds. The van der Waals surface area contributed by atoms with Gasteiger partial charge < -0.3 is 9.88 Å². The molecule has 0 aliphatic carbocycles. The summed E-state index contributed by atoms with van der Waals surface area (Å²) in [5.41, 5.74) is 2.15. The molecule has 2 aromatic carbocycles. The van der Waals surface area contributed by atoms with Crippen LogP contribution in [0, 0.1) is 6.92 Å². The molecule has 1 N–H and O–H groups in total. The molecule has 2 heterocycles. The van der Waals surface area contributed by atoms with Gasteiger partial charge in [0, 0.05) is 0 Å². The Hall–Kier alpha value is -3.15. The zero-order valence-corrected chi connectivity index (χ0v) is 15.0. The molecule has 1 aromatic heterocycles. The Kier molecular flexibility index (Phi) is 3.57. The van der Waals surface area contributed by atoms with Crippen LogP contribution in [0.2, 0.25) is 0 Å². The van der Waals surface area contributed by atoms with Crippen molar-refractivity contribution >= 4 is 34.2 Å². The number of hydrogen-bond acceptors (Lipinski definition) is 3. The Labute approximate surface area is 151 Å². The second-order valence-corrected chi connectivity index (χ2v) is 6.99. The topological polar surface area (TPSA) is 67.2 Å². The number of fused-ring (bicyclic) bond motifs is 2. The van der Waals surface area contributed by atoms with E-state index in [0.29, 0.717) is 11.4 Å². The molecule has 4 rings (SSSR count). The molecular weight excluding hydrogens is 328 g/mol. The van der Waals surface area contributed by atoms with Crippen molar-refractivity contribution < 1.29 is 9.59 Å². The summed E-state index contributed by atoms with van der Waals surface area (Å²) in [5.74, 6) is 0.424. The van der Waals surface area contributed by atoms with Crippen LogP contribution in [0.5, 0.6) is 0 Å². The van der Waals surface area contributed by atoms with E-state index < -0.39 is 5.54 Å². The van der Waals surface area contributed by atoms with Gasteiger partial charge in [0.15, 0.2) is 0 Å². The van der Waals surface area contributed by atoms with E-state index in [1.165, 1.54) is 0 Å². The average molecular weight is 348 g/mol. The van der Waals surface area contributed by atoms with Crippen LogP contribution in [-0.4, -0.2) is 26.9 Å². The van der Waals surface area contributed by atoms with Crippen LogP contribution >= 0.6 is 0 Å². The number of hydrogen-bond donors (Lipinski definition) is 1. The Balaban J connectivity index is 1.77. The Bertz CT molecular complexity index is 1040. The van der Waals surface area contributed by atoms with E-state index in [1.54, 1.807) is 24.8 Å². The van der Waals surface area contributed by atoms with Crippen molar-refractivity contribution in [2.75, 3.05) is 10.2 Å². The molecule has 0 saturated heterocycles. The first-order chi connectivity index (χ1) is 12.4. The molecule has 1 aliphatic heterocycles. The second kappa shape index (κ2) is 5.69. The van der Waals surface area contributed by atoms with E-state index in [1.807, 2.05) is 54.0 Å². The highest BCUT2D eigenvalue weighted by atomic mass is 16.2. The van der Waals surface area contributed by atoms with Crippen molar-refractivity contribution in [2.24, 2.45) is 0 Å². The number of nitrogens with one attached hydrogen (secondary N) is 1. The predicted molar refractivity (Wildman–Crippen MR) is 101 cm³/mol. The highest BCUT2D eigenvalue weighted by Gasteiger charge is 2.43. The zero-order chi connectivity index (χ0) is 18.5. The number of rotatable bonds is 2. The van der Waals surface area contributed by atoms with Crippen LogP contribution in [0.4, 0.5) is 11.4 Å². The van der Waals surface area contributed by atoms with Gasteiger partial charge in [0.25, 0.3) is 0 Å². The summed E-state index contributed by atoms with van der Waals surface area (Å²) in [7, 11) is 0. The number of imidazole rings is 1. The van der Waals surface area contributed by atoms with Crippen LogP contribution in [0.25, 0.3) is 11.0 Å². The van der Waals surface area contributed by atoms with E-state index in [0.717, 1.165) is 16.9 Å². The summed E-state index contributed by atoms with van der Waals surface area (Å²) in [6, 6.07) is 15.1. The van der Waals surface area contributed by atoms with Crippen molar-refractivity contribution in [2.45, 2.75) is 32.9 Å². The smallest absolute Gasteiger partial charge is 0.250 e. The molecule has 0 saturated carbocycles. The van der Waals surface area contributed by atoms with E-state index in [2.05, 4.69) is 10.3 Å². The third-order valence-electron chi connectivity index (χ3n) is 4.90. The fourth-order valence-electron chi connectivity index (χ4n) is 3.50. The molecule has 1 aliphatic rings. The lowest BCUT2D eigenvalue weighted by Gasteiger charge is -2.42. The monoisotopic (exact) mass is 348 g/mol. The molecule has 0 atom stereocenters. The number of carbonyl (C=O) groups excluding carboxylic acids is 2. The normalized spacial score (nSPS) is 15.7. The quantitative estimate of drug-likeness (QED) is 0.774. The molecular formula is C20H20N4O2. The molecule has 26 heavy (non-hydrogen) atoms. The van der Waals surface area contributed by atoms with Crippen molar-refractivity contribution in [3.63, 3.8) is 0 Å². The second-order valence-electron chi connectivity index (χ2n) is 6.99. The van der Waals surface area contributed by atoms with E-state index in [9.17, 15) is 9.59 Å². The first-order valence-corrected chi connectivity index (χ1v) is 8.55. The third kappa shape index (κ3) is 2.37. The minimum absolute atomic E-state index is 0.122. The van der Waals surface area contributed by atoms with Gasteiger partial charge in [0.2, 0.25) is 11.8 Å². The van der Waals surface area contributed by atoms with E-state index in [4.69, 9.17) is 0 Å². The van der Waals surface area contributed by atoms with E-state index >= 15 is 0 Å². The van der Waals surface area contributed by atoms with E-state index in [-0.39, 0.29) is 18.4 Å². The van der Waals surface area contributed by atoms with Gasteiger partial charge in [-0.25, -0.2) is 4.98 Å². The summed E-state index contributed by atoms with van der Waals surface area (Å²) in [5, 5.41) is 2.88. The minimum Gasteiger partial charge on any atom is -0.322 e. The maximum absolute atomic E-state index is 13.3. The number of amides is 2. The fraction of sp³-hybridized carbons (Fsp3) is 0.250. The molecule has 3 aromatic rings. The molecule has 6 nitrogen and oxygen atoms in total. The number of benzene rings is 2. The standard InChI is InChI=1S/C20H20N4O2/c1-13-21-14-8-4-6-10-16(14)23(13)12-18(25)24-17-11-7-5-9-15(17)22-19(26)20(24,2)3/h4-11H,12H2,1-3H3,(H,22,26). The van der Waals surface area contributed by atoms with Crippen LogP contribution < -0.4 is 10.2 Å². The Morgan fingerprint density at radius 3 is 2.62 bits per heavy atom. The van der Waals surface area contributed by atoms with Gasteiger partial charge in [-0.05, 0) is 45.0 Å². The number of aryl methyl sites for hydroxylation is 1. The van der Waals surface area contributed by atoms with Crippen LogP contribution in [-0.2, 0) is 16.1 Å². The van der Waals surface area contributed by atoms with Gasteiger partial charge in [-0.2, -0.15) is 0 Å². The van der Waals surface area contributed by atoms with Crippen molar-refractivity contribution in [3.8, 4) is 0 Å². The zero-order valence-electron chi connectivity index (χ0n) is 15.0. The van der Waals surface area contributed by atoms with Crippen LogP contribution in [0.15, 0.2) is 48.5 Å². The van der Waals surface area contributed by atoms with Gasteiger partial charge >= 0.3 is 0 Å². The SMILES string of the molecule is Cc1nc2ccccc2n1CC(=O)N1c2ccccc2NC(=O)C1(C)C. The lowest BCUT2D eigenvalue weighted by Crippen LogP contribution is -2.59. The molecule has 132 valence electrons. The van der Waals surface area contributed by atoms with Gasteiger partial charge in [0.1, 0.15) is 17.9 Å². The van der Waals surface area contributed by atoms with Gasteiger partial charge in [0.05, 0.1) is 22.4 Å². The fourth-order valence-corrected chi connectivity index (χ4v) is 3.50. The molecule has 0 radical (unpaired) electrons. The highest BCUT2D eigenvalue weighted by Crippen LogP contribution is 2.37. The summed E-state index contributed by atoms with van der Waals surface area (Å²) in [6.07, 6.45) is 0. The molecule has 0 unspecified atom stereocenters. The number of para-hydroxylation sites is 4. The lowest BCUT2D eigenvalue weighted by molar-refractivity contribution is -0.126. The van der Waals surface area contributed by atoms with Gasteiger partial charge in [-0.3, -0.25) is 14.5 Å². The van der Waals surface area contributed by atoms with Gasteiger partial charge in [-0.1, -0.05) is 24.3 Å². The number of anilines is 2. The average Bonchev–Trinajstić information content (AvgIpc) is 2.91. The number of nitrogens with zero attached hydrogens (tertiary/aromatic N) is 3. The van der Waals surface area contributed by atoms with Crippen molar-refractivity contribution in [1.82, 2.24) is 9.55 Å². The number of carbonyl (C=O) groups is 2. The first kappa shape index (κ1) is 16.3. The molecule has 0 fully saturated rings. The molecule has 0 spiro atoms. The lowest BCUT2D eigenvalue weighted by atomic mass is 9.96. The summed E-state index contributed by atoms with van der Waals surface area (Å²) < 4.78 is 1.89. The summed E-state index contributed by atoms with van der Waals surface area (Å²) in [6.45, 7) is 5.52. The van der Waals surface area contributed by atoms with Crippen molar-refractivity contribution in [3.05, 3.63) is 54.4 Å². The van der Waals surface area contributed by atoms with Crippen molar-refractivity contribution in [1.29, 1.82) is 0 Å². The maximum Gasteiger partial charge on any atom is 0.250 e. The Morgan fingerprint density at radius 1 is 1.12 bits per heavy atom. The van der Waals surface area contributed by atoms with Gasteiger partial charge in [-0.15, -0.1) is 0 Å².